The molecule has 0 aliphatic rings. The number of allylic oxidation sites excluding steroid dienone is 1. The molecule has 1 heterocycles. The highest BCUT2D eigenvalue weighted by molar-refractivity contribution is 7.93. The van der Waals surface area contributed by atoms with Crippen molar-refractivity contribution in [2.45, 2.75) is 11.8 Å². The summed E-state index contributed by atoms with van der Waals surface area (Å²) in [7, 11) is -3.64. The summed E-state index contributed by atoms with van der Waals surface area (Å²) in [4.78, 5) is 4.49. The zero-order valence-corrected chi connectivity index (χ0v) is 13.5. The lowest BCUT2D eigenvalue weighted by atomic mass is 10.1. The van der Waals surface area contributed by atoms with Crippen molar-refractivity contribution in [1.82, 2.24) is 4.98 Å². The summed E-state index contributed by atoms with van der Waals surface area (Å²) in [6, 6.07) is 14.2. The molecule has 0 aliphatic carbocycles. The van der Waals surface area contributed by atoms with Gasteiger partial charge < -0.3 is 0 Å². The third kappa shape index (κ3) is 2.88. The summed E-state index contributed by atoms with van der Waals surface area (Å²) < 4.78 is 28.3. The van der Waals surface area contributed by atoms with Gasteiger partial charge in [-0.3, -0.25) is 4.72 Å². The van der Waals surface area contributed by atoms with Crippen molar-refractivity contribution >= 4 is 42.3 Å². The molecule has 3 aromatic rings. The molecule has 3 rings (SSSR count). The van der Waals surface area contributed by atoms with Gasteiger partial charge in [0.25, 0.3) is 10.0 Å². The van der Waals surface area contributed by atoms with Crippen LogP contribution in [0.1, 0.15) is 12.5 Å². The largest absolute Gasteiger partial charge is 0.263 e. The lowest BCUT2D eigenvalue weighted by Crippen LogP contribution is -2.12. The molecule has 0 aliphatic heterocycles. The topological polar surface area (TPSA) is 59.1 Å². The van der Waals surface area contributed by atoms with E-state index in [0.29, 0.717) is 5.13 Å². The summed E-state index contributed by atoms with van der Waals surface area (Å²) in [6.07, 6.45) is 0. The molecule has 22 heavy (non-hydrogen) atoms. The van der Waals surface area contributed by atoms with Gasteiger partial charge in [-0.05, 0) is 36.8 Å². The third-order valence-corrected chi connectivity index (χ3v) is 5.61. The van der Waals surface area contributed by atoms with E-state index in [9.17, 15) is 8.42 Å². The van der Waals surface area contributed by atoms with E-state index in [2.05, 4.69) is 16.3 Å². The fourth-order valence-electron chi connectivity index (χ4n) is 2.01. The van der Waals surface area contributed by atoms with E-state index >= 15 is 0 Å². The second kappa shape index (κ2) is 5.55. The molecule has 0 bridgehead atoms. The van der Waals surface area contributed by atoms with E-state index in [1.807, 2.05) is 31.2 Å². The monoisotopic (exact) mass is 330 g/mol. The highest BCUT2D eigenvalue weighted by atomic mass is 32.2. The van der Waals surface area contributed by atoms with Crippen LogP contribution in [0, 0.1) is 0 Å². The van der Waals surface area contributed by atoms with Crippen molar-refractivity contribution in [1.29, 1.82) is 0 Å². The SMILES string of the molecule is C=C(C)c1ccc(S(=O)(=O)Nc2nc3ccccc3s2)cc1. The Morgan fingerprint density at radius 1 is 1.14 bits per heavy atom. The van der Waals surface area contributed by atoms with E-state index < -0.39 is 10.0 Å². The van der Waals surface area contributed by atoms with Gasteiger partial charge in [0.1, 0.15) is 0 Å². The number of nitrogens with one attached hydrogen (secondary N) is 1. The van der Waals surface area contributed by atoms with Crippen molar-refractivity contribution in [2.75, 3.05) is 4.72 Å². The molecular formula is C16H14N2O2S2. The van der Waals surface area contributed by atoms with Crippen LogP contribution >= 0.6 is 11.3 Å². The van der Waals surface area contributed by atoms with Crippen LogP contribution in [0.2, 0.25) is 0 Å². The normalized spacial score (nSPS) is 11.5. The Hall–Kier alpha value is -2.18. The number of aromatic nitrogens is 1. The smallest absolute Gasteiger partial charge is 0.255 e. The molecule has 1 aromatic heterocycles. The number of hydrogen-bond donors (Lipinski definition) is 1. The lowest BCUT2D eigenvalue weighted by Gasteiger charge is -2.06. The minimum Gasteiger partial charge on any atom is -0.255 e. The molecular weight excluding hydrogens is 316 g/mol. The van der Waals surface area contributed by atoms with Crippen LogP contribution in [-0.4, -0.2) is 13.4 Å². The second-order valence-electron chi connectivity index (χ2n) is 4.90. The number of benzene rings is 2. The summed E-state index contributed by atoms with van der Waals surface area (Å²) in [6.45, 7) is 5.71. The van der Waals surface area contributed by atoms with Crippen LogP contribution in [0.5, 0.6) is 0 Å². The van der Waals surface area contributed by atoms with Gasteiger partial charge in [-0.25, -0.2) is 13.4 Å². The Morgan fingerprint density at radius 3 is 2.45 bits per heavy atom. The van der Waals surface area contributed by atoms with Gasteiger partial charge >= 0.3 is 0 Å². The number of fused-ring (bicyclic) bond motifs is 1. The Balaban J connectivity index is 1.90. The number of rotatable bonds is 4. The van der Waals surface area contributed by atoms with Crippen LogP contribution < -0.4 is 4.72 Å². The summed E-state index contributed by atoms with van der Waals surface area (Å²) in [5, 5.41) is 0.366. The van der Waals surface area contributed by atoms with Crippen molar-refractivity contribution < 1.29 is 8.42 Å². The van der Waals surface area contributed by atoms with Gasteiger partial charge in [-0.15, -0.1) is 0 Å². The van der Waals surface area contributed by atoms with Gasteiger partial charge in [0, 0.05) is 0 Å². The Labute approximate surface area is 133 Å². The Bertz CT molecular complexity index is 909. The summed E-state index contributed by atoms with van der Waals surface area (Å²) in [5.41, 5.74) is 2.59. The first-order valence-electron chi connectivity index (χ1n) is 6.60. The minimum absolute atomic E-state index is 0.205. The Morgan fingerprint density at radius 2 is 1.82 bits per heavy atom. The maximum Gasteiger partial charge on any atom is 0.263 e. The molecule has 1 N–H and O–H groups in total. The van der Waals surface area contributed by atoms with E-state index in [-0.39, 0.29) is 4.90 Å². The zero-order valence-electron chi connectivity index (χ0n) is 11.9. The highest BCUT2D eigenvalue weighted by Crippen LogP contribution is 2.27. The van der Waals surface area contributed by atoms with Gasteiger partial charge in [0.15, 0.2) is 5.13 Å². The number of thiazole rings is 1. The van der Waals surface area contributed by atoms with Crippen molar-refractivity contribution in [3.8, 4) is 0 Å². The number of anilines is 1. The lowest BCUT2D eigenvalue weighted by molar-refractivity contribution is 0.601. The van der Waals surface area contributed by atoms with Crippen molar-refractivity contribution in [3.63, 3.8) is 0 Å². The predicted octanol–water partition coefficient (Wildman–Crippen LogP) is 4.13. The molecule has 0 amide bonds. The number of nitrogens with zero attached hydrogens (tertiary/aromatic N) is 1. The second-order valence-corrected chi connectivity index (χ2v) is 7.61. The molecule has 0 atom stereocenters. The molecule has 112 valence electrons. The summed E-state index contributed by atoms with van der Waals surface area (Å²) >= 11 is 1.31. The molecule has 0 spiro atoms. The van der Waals surface area contributed by atoms with Crippen molar-refractivity contribution in [3.05, 3.63) is 60.7 Å². The van der Waals surface area contributed by atoms with Crippen LogP contribution in [-0.2, 0) is 10.0 Å². The summed E-state index contributed by atoms with van der Waals surface area (Å²) in [5.74, 6) is 0. The molecule has 0 fully saturated rings. The van der Waals surface area contributed by atoms with E-state index in [4.69, 9.17) is 0 Å². The minimum atomic E-state index is -3.64. The molecule has 2 aromatic carbocycles. The van der Waals surface area contributed by atoms with Crippen LogP contribution in [0.15, 0.2) is 60.0 Å². The molecule has 6 heteroatoms. The van der Waals surface area contributed by atoms with Gasteiger partial charge in [0.05, 0.1) is 15.1 Å². The van der Waals surface area contributed by atoms with Gasteiger partial charge in [-0.1, -0.05) is 47.8 Å². The fraction of sp³-hybridized carbons (Fsp3) is 0.0625. The maximum absolute atomic E-state index is 12.4. The molecule has 4 nitrogen and oxygen atoms in total. The van der Waals surface area contributed by atoms with Gasteiger partial charge in [0.2, 0.25) is 0 Å². The molecule has 0 saturated heterocycles. The maximum atomic E-state index is 12.4. The first-order chi connectivity index (χ1) is 10.5. The van der Waals surface area contributed by atoms with E-state index in [0.717, 1.165) is 21.4 Å². The van der Waals surface area contributed by atoms with Crippen LogP contribution in [0.3, 0.4) is 0 Å². The first-order valence-corrected chi connectivity index (χ1v) is 8.90. The molecule has 0 unspecified atom stereocenters. The fourth-order valence-corrected chi connectivity index (χ4v) is 4.11. The first kappa shape index (κ1) is 14.7. The molecule has 0 radical (unpaired) electrons. The van der Waals surface area contributed by atoms with Crippen LogP contribution in [0.25, 0.3) is 15.8 Å². The van der Waals surface area contributed by atoms with Crippen molar-refractivity contribution in [2.24, 2.45) is 0 Å². The standard InChI is InChI=1S/C16H14N2O2S2/c1-11(2)12-7-9-13(10-8-12)22(19,20)18-16-17-14-5-3-4-6-15(14)21-16/h3-10H,1H2,2H3,(H,17,18). The van der Waals surface area contributed by atoms with E-state index in [1.54, 1.807) is 24.3 Å². The average Bonchev–Trinajstić information content (AvgIpc) is 2.88. The van der Waals surface area contributed by atoms with E-state index in [1.165, 1.54) is 11.3 Å². The van der Waals surface area contributed by atoms with Gasteiger partial charge in [-0.2, -0.15) is 0 Å². The predicted molar refractivity (Wildman–Crippen MR) is 91.6 cm³/mol. The van der Waals surface area contributed by atoms with Crippen LogP contribution in [0.4, 0.5) is 5.13 Å². The number of para-hydroxylation sites is 1. The molecule has 0 saturated carbocycles. The zero-order chi connectivity index (χ0) is 15.7. The quantitative estimate of drug-likeness (QED) is 0.782. The third-order valence-electron chi connectivity index (χ3n) is 3.17. The average molecular weight is 330 g/mol. The number of hydrogen-bond acceptors (Lipinski definition) is 4. The number of sulfonamides is 1. The Kier molecular flexibility index (Phi) is 3.72. The highest BCUT2D eigenvalue weighted by Gasteiger charge is 2.16.